The molecule has 1 amide bonds. The molecule has 31 heavy (non-hydrogen) atoms. The molecule has 5 nitrogen and oxygen atoms in total. The first kappa shape index (κ1) is 22.6. The van der Waals surface area contributed by atoms with E-state index in [9.17, 15) is 13.2 Å². The minimum absolute atomic E-state index is 0.140. The van der Waals surface area contributed by atoms with Crippen LogP contribution in [-0.4, -0.2) is 14.3 Å². The molecule has 3 aromatic carbocycles. The van der Waals surface area contributed by atoms with E-state index in [0.717, 1.165) is 17.5 Å². The van der Waals surface area contributed by atoms with E-state index in [4.69, 9.17) is 0 Å². The van der Waals surface area contributed by atoms with E-state index in [1.165, 1.54) is 5.56 Å². The van der Waals surface area contributed by atoms with Crippen molar-refractivity contribution in [3.8, 4) is 0 Å². The van der Waals surface area contributed by atoms with Gasteiger partial charge in [-0.3, -0.25) is 9.52 Å². The Balaban J connectivity index is 1.72. The topological polar surface area (TPSA) is 75.3 Å². The molecule has 6 heteroatoms. The van der Waals surface area contributed by atoms with E-state index in [-0.39, 0.29) is 16.8 Å². The molecule has 1 atom stereocenters. The number of hydrogen-bond donors (Lipinski definition) is 2. The fourth-order valence-corrected chi connectivity index (χ4v) is 4.38. The summed E-state index contributed by atoms with van der Waals surface area (Å²) in [6, 6.07) is 19.6. The highest BCUT2D eigenvalue weighted by atomic mass is 32.2. The summed E-state index contributed by atoms with van der Waals surface area (Å²) in [6.07, 6.45) is 0.973. The van der Waals surface area contributed by atoms with Crippen molar-refractivity contribution in [1.29, 1.82) is 0 Å². The second kappa shape index (κ2) is 9.35. The first-order chi connectivity index (χ1) is 14.7. The Kier molecular flexibility index (Phi) is 6.81. The van der Waals surface area contributed by atoms with Gasteiger partial charge in [0.2, 0.25) is 0 Å². The summed E-state index contributed by atoms with van der Waals surface area (Å²) in [5.74, 6) is -0.205. The standard InChI is InChI=1S/C25H28N2O3S/c1-5-20-8-10-21(11-9-20)19(4)26-25(28)22-12-15-24(18(3)16-22)27-31(29,30)23-13-6-17(2)7-14-23/h6-16,19,27H,5H2,1-4H3,(H,26,28)/t19-/m1/s1. The van der Waals surface area contributed by atoms with Crippen LogP contribution >= 0.6 is 0 Å². The number of sulfonamides is 1. The molecule has 0 aromatic heterocycles. The molecule has 0 bridgehead atoms. The van der Waals surface area contributed by atoms with Crippen LogP contribution in [0, 0.1) is 13.8 Å². The Labute approximate surface area is 184 Å². The second-order valence-corrected chi connectivity index (χ2v) is 9.42. The molecule has 0 heterocycles. The van der Waals surface area contributed by atoms with Gasteiger partial charge in [-0.15, -0.1) is 0 Å². The SMILES string of the molecule is CCc1ccc([C@@H](C)NC(=O)c2ccc(NS(=O)(=O)c3ccc(C)cc3)c(C)c2)cc1. The number of anilines is 1. The molecular formula is C25H28N2O3S. The normalized spacial score (nSPS) is 12.3. The lowest BCUT2D eigenvalue weighted by Crippen LogP contribution is -2.26. The van der Waals surface area contributed by atoms with Crippen LogP contribution in [0.1, 0.15) is 52.5 Å². The molecule has 0 radical (unpaired) electrons. The fraction of sp³-hybridized carbons (Fsp3) is 0.240. The molecule has 0 aliphatic carbocycles. The minimum atomic E-state index is -3.70. The predicted molar refractivity (Wildman–Crippen MR) is 125 cm³/mol. The van der Waals surface area contributed by atoms with E-state index in [2.05, 4.69) is 29.1 Å². The monoisotopic (exact) mass is 436 g/mol. The van der Waals surface area contributed by atoms with Gasteiger partial charge in [-0.05, 0) is 74.2 Å². The van der Waals surface area contributed by atoms with Gasteiger partial charge in [-0.1, -0.05) is 48.9 Å². The number of carbonyl (C=O) groups is 1. The highest BCUT2D eigenvalue weighted by Crippen LogP contribution is 2.22. The Morgan fingerprint density at radius 3 is 2.16 bits per heavy atom. The van der Waals surface area contributed by atoms with Gasteiger partial charge in [0, 0.05) is 5.56 Å². The summed E-state index contributed by atoms with van der Waals surface area (Å²) in [5, 5.41) is 3.00. The molecule has 0 fully saturated rings. The molecule has 0 aliphatic rings. The summed E-state index contributed by atoms with van der Waals surface area (Å²) in [4.78, 5) is 12.9. The van der Waals surface area contributed by atoms with E-state index in [1.807, 2.05) is 26.0 Å². The molecule has 3 rings (SSSR count). The van der Waals surface area contributed by atoms with Crippen LogP contribution in [0.4, 0.5) is 5.69 Å². The molecule has 162 valence electrons. The van der Waals surface area contributed by atoms with Crippen molar-refractivity contribution in [1.82, 2.24) is 5.32 Å². The smallest absolute Gasteiger partial charge is 0.261 e. The summed E-state index contributed by atoms with van der Waals surface area (Å²) in [6.45, 7) is 7.72. The van der Waals surface area contributed by atoms with Gasteiger partial charge in [0.05, 0.1) is 16.6 Å². The van der Waals surface area contributed by atoms with Crippen molar-refractivity contribution in [3.05, 3.63) is 94.5 Å². The molecule has 0 unspecified atom stereocenters. The van der Waals surface area contributed by atoms with Crippen LogP contribution in [0.25, 0.3) is 0 Å². The number of aryl methyl sites for hydroxylation is 3. The Morgan fingerprint density at radius 2 is 1.58 bits per heavy atom. The first-order valence-electron chi connectivity index (χ1n) is 10.3. The molecular weight excluding hydrogens is 408 g/mol. The van der Waals surface area contributed by atoms with Crippen LogP contribution < -0.4 is 10.0 Å². The number of rotatable bonds is 7. The van der Waals surface area contributed by atoms with E-state index in [0.29, 0.717) is 16.8 Å². The van der Waals surface area contributed by atoms with Gasteiger partial charge in [-0.25, -0.2) is 8.42 Å². The Hall–Kier alpha value is -3.12. The summed E-state index contributed by atoms with van der Waals surface area (Å²) in [5.41, 5.74) is 4.86. The van der Waals surface area contributed by atoms with Crippen LogP contribution in [0.15, 0.2) is 71.6 Å². The third-order valence-electron chi connectivity index (χ3n) is 5.30. The van der Waals surface area contributed by atoms with Crippen molar-refractivity contribution in [3.63, 3.8) is 0 Å². The zero-order valence-corrected chi connectivity index (χ0v) is 19.1. The average Bonchev–Trinajstić information content (AvgIpc) is 2.75. The number of benzene rings is 3. The third-order valence-corrected chi connectivity index (χ3v) is 6.68. The maximum Gasteiger partial charge on any atom is 0.261 e. The maximum atomic E-state index is 12.7. The van der Waals surface area contributed by atoms with Gasteiger partial charge in [-0.2, -0.15) is 0 Å². The minimum Gasteiger partial charge on any atom is -0.346 e. The van der Waals surface area contributed by atoms with Crippen LogP contribution in [0.2, 0.25) is 0 Å². The van der Waals surface area contributed by atoms with Gasteiger partial charge >= 0.3 is 0 Å². The van der Waals surface area contributed by atoms with Gasteiger partial charge < -0.3 is 5.32 Å². The summed E-state index contributed by atoms with van der Waals surface area (Å²) >= 11 is 0. The lowest BCUT2D eigenvalue weighted by molar-refractivity contribution is 0.0940. The number of hydrogen-bond acceptors (Lipinski definition) is 3. The van der Waals surface area contributed by atoms with Crippen LogP contribution in [0.5, 0.6) is 0 Å². The second-order valence-electron chi connectivity index (χ2n) is 7.74. The van der Waals surface area contributed by atoms with Crippen molar-refractivity contribution in [2.75, 3.05) is 4.72 Å². The zero-order chi connectivity index (χ0) is 22.6. The fourth-order valence-electron chi connectivity index (χ4n) is 3.25. The maximum absolute atomic E-state index is 12.7. The average molecular weight is 437 g/mol. The number of carbonyl (C=O) groups excluding carboxylic acids is 1. The number of nitrogens with one attached hydrogen (secondary N) is 2. The van der Waals surface area contributed by atoms with Gasteiger partial charge in [0.1, 0.15) is 0 Å². The van der Waals surface area contributed by atoms with Crippen LogP contribution in [0.3, 0.4) is 0 Å². The van der Waals surface area contributed by atoms with Crippen molar-refractivity contribution >= 4 is 21.6 Å². The predicted octanol–water partition coefficient (Wildman–Crippen LogP) is 5.16. The van der Waals surface area contributed by atoms with E-state index >= 15 is 0 Å². The molecule has 0 spiro atoms. The van der Waals surface area contributed by atoms with Crippen molar-refractivity contribution < 1.29 is 13.2 Å². The van der Waals surface area contributed by atoms with Gasteiger partial charge in [0.15, 0.2) is 0 Å². The Bertz CT molecular complexity index is 1170. The van der Waals surface area contributed by atoms with E-state index < -0.39 is 10.0 Å². The lowest BCUT2D eigenvalue weighted by Gasteiger charge is -2.16. The Morgan fingerprint density at radius 1 is 0.935 bits per heavy atom. The highest BCUT2D eigenvalue weighted by molar-refractivity contribution is 7.92. The first-order valence-corrected chi connectivity index (χ1v) is 11.8. The molecule has 0 aliphatic heterocycles. The largest absolute Gasteiger partial charge is 0.346 e. The zero-order valence-electron chi connectivity index (χ0n) is 18.3. The lowest BCUT2D eigenvalue weighted by atomic mass is 10.0. The third kappa shape index (κ3) is 5.52. The number of amides is 1. The summed E-state index contributed by atoms with van der Waals surface area (Å²) < 4.78 is 27.9. The van der Waals surface area contributed by atoms with Crippen LogP contribution in [-0.2, 0) is 16.4 Å². The molecule has 0 saturated heterocycles. The quantitative estimate of drug-likeness (QED) is 0.537. The summed E-state index contributed by atoms with van der Waals surface area (Å²) in [7, 11) is -3.70. The van der Waals surface area contributed by atoms with Crippen molar-refractivity contribution in [2.24, 2.45) is 0 Å². The van der Waals surface area contributed by atoms with E-state index in [1.54, 1.807) is 49.4 Å². The highest BCUT2D eigenvalue weighted by Gasteiger charge is 2.17. The molecule has 2 N–H and O–H groups in total. The van der Waals surface area contributed by atoms with Crippen molar-refractivity contribution in [2.45, 2.75) is 45.1 Å². The van der Waals surface area contributed by atoms with Gasteiger partial charge in [0.25, 0.3) is 15.9 Å². The molecule has 3 aromatic rings. The molecule has 0 saturated carbocycles.